The summed E-state index contributed by atoms with van der Waals surface area (Å²) in [6, 6.07) is 0. The summed E-state index contributed by atoms with van der Waals surface area (Å²) in [5, 5.41) is 9.74. The quantitative estimate of drug-likeness (QED) is 0.346. The Bertz CT molecular complexity index is 115. The maximum Gasteiger partial charge on any atom is 0.218 e. The average molecular weight is 147 g/mol. The lowest BCUT2D eigenvalue weighted by molar-refractivity contribution is -0.133. The van der Waals surface area contributed by atoms with Crippen molar-refractivity contribution in [1.82, 2.24) is 5.06 Å². The number of carbonyl (C=O) groups excluding carboxylic acids is 1. The number of primary amides is 1. The Morgan fingerprint density at radius 2 is 2.30 bits per heavy atom. The molecule has 0 saturated heterocycles. The van der Waals surface area contributed by atoms with Gasteiger partial charge in [-0.2, -0.15) is 5.06 Å². The van der Waals surface area contributed by atoms with E-state index in [2.05, 4.69) is 0 Å². The molecular weight excluding hydrogens is 134 g/mol. The van der Waals surface area contributed by atoms with E-state index >= 15 is 0 Å². The van der Waals surface area contributed by atoms with Gasteiger partial charge in [0.25, 0.3) is 0 Å². The molecule has 0 radical (unpaired) electrons. The van der Waals surface area contributed by atoms with E-state index in [-0.39, 0.29) is 13.0 Å². The molecule has 5 heteroatoms. The molecule has 0 aromatic heterocycles. The van der Waals surface area contributed by atoms with Gasteiger partial charge in [0.05, 0.1) is 6.17 Å². The second-order valence-electron chi connectivity index (χ2n) is 2.12. The van der Waals surface area contributed by atoms with Gasteiger partial charge in [0.15, 0.2) is 0 Å². The van der Waals surface area contributed by atoms with Gasteiger partial charge in [0, 0.05) is 13.0 Å². The molecule has 1 atom stereocenters. The highest BCUT2D eigenvalue weighted by Crippen LogP contribution is 1.88. The summed E-state index contributed by atoms with van der Waals surface area (Å²) >= 11 is 0. The van der Waals surface area contributed by atoms with Crippen LogP contribution in [0.15, 0.2) is 0 Å². The Balaban J connectivity index is 3.39. The topological polar surface area (TPSA) is 92.6 Å². The largest absolute Gasteiger partial charge is 0.370 e. The van der Waals surface area contributed by atoms with Crippen molar-refractivity contribution in [2.45, 2.75) is 19.5 Å². The minimum absolute atomic E-state index is 0.123. The monoisotopic (exact) mass is 147 g/mol. The van der Waals surface area contributed by atoms with Gasteiger partial charge in [-0.25, -0.2) is 0 Å². The van der Waals surface area contributed by atoms with Crippen molar-refractivity contribution in [3.63, 3.8) is 0 Å². The fourth-order valence-corrected chi connectivity index (χ4v) is 0.428. The summed E-state index contributed by atoms with van der Waals surface area (Å²) in [7, 11) is 0. The van der Waals surface area contributed by atoms with Crippen molar-refractivity contribution in [1.29, 1.82) is 0 Å². The number of rotatable bonds is 4. The number of nitrogens with two attached hydrogens (primary N) is 2. The molecule has 5 nitrogen and oxygen atoms in total. The highest BCUT2D eigenvalue weighted by atomic mass is 16.5. The standard InChI is InChI=1S/C5H13N3O2/c1-4(6)8(10)3-2-5(7)9/h4,10H,2-3,6H2,1H3,(H2,7,9). The van der Waals surface area contributed by atoms with Gasteiger partial charge in [-0.3, -0.25) is 4.79 Å². The lowest BCUT2D eigenvalue weighted by atomic mass is 10.4. The van der Waals surface area contributed by atoms with Crippen molar-refractivity contribution in [2.75, 3.05) is 6.54 Å². The van der Waals surface area contributed by atoms with Gasteiger partial charge in [0.1, 0.15) is 0 Å². The fourth-order valence-electron chi connectivity index (χ4n) is 0.428. The second-order valence-corrected chi connectivity index (χ2v) is 2.12. The molecule has 0 fully saturated rings. The van der Waals surface area contributed by atoms with E-state index in [1.807, 2.05) is 0 Å². The fraction of sp³-hybridized carbons (Fsp3) is 0.800. The molecule has 0 bridgehead atoms. The third-order valence-electron chi connectivity index (χ3n) is 1.06. The molecule has 1 amide bonds. The van der Waals surface area contributed by atoms with E-state index in [4.69, 9.17) is 16.7 Å². The maximum absolute atomic E-state index is 10.2. The zero-order valence-electron chi connectivity index (χ0n) is 5.95. The van der Waals surface area contributed by atoms with Crippen LogP contribution in [0, 0.1) is 0 Å². The Kier molecular flexibility index (Phi) is 3.94. The minimum atomic E-state index is -0.459. The normalized spacial score (nSPS) is 13.6. The zero-order valence-corrected chi connectivity index (χ0v) is 5.95. The van der Waals surface area contributed by atoms with Crippen LogP contribution in [0.3, 0.4) is 0 Å². The van der Waals surface area contributed by atoms with Crippen LogP contribution in [0.4, 0.5) is 0 Å². The van der Waals surface area contributed by atoms with Gasteiger partial charge in [0.2, 0.25) is 5.91 Å². The molecule has 0 aliphatic carbocycles. The van der Waals surface area contributed by atoms with Crippen LogP contribution in [0.25, 0.3) is 0 Å². The van der Waals surface area contributed by atoms with Crippen LogP contribution in [0.2, 0.25) is 0 Å². The van der Waals surface area contributed by atoms with Gasteiger partial charge in [-0.1, -0.05) is 0 Å². The van der Waals surface area contributed by atoms with Crippen molar-refractivity contribution >= 4 is 5.91 Å². The molecular formula is C5H13N3O2. The summed E-state index contributed by atoms with van der Waals surface area (Å²) in [4.78, 5) is 10.2. The molecule has 1 unspecified atom stereocenters. The van der Waals surface area contributed by atoms with E-state index in [0.29, 0.717) is 0 Å². The first-order chi connectivity index (χ1) is 4.54. The van der Waals surface area contributed by atoms with Crippen LogP contribution in [0.1, 0.15) is 13.3 Å². The Labute approximate surface area is 59.5 Å². The van der Waals surface area contributed by atoms with Crippen LogP contribution < -0.4 is 11.5 Å². The van der Waals surface area contributed by atoms with Gasteiger partial charge in [-0.05, 0) is 6.92 Å². The zero-order chi connectivity index (χ0) is 8.15. The molecule has 0 spiro atoms. The van der Waals surface area contributed by atoms with E-state index in [1.165, 1.54) is 0 Å². The molecule has 60 valence electrons. The lowest BCUT2D eigenvalue weighted by Gasteiger charge is -2.16. The van der Waals surface area contributed by atoms with Gasteiger partial charge < -0.3 is 16.7 Å². The van der Waals surface area contributed by atoms with E-state index in [1.54, 1.807) is 6.92 Å². The predicted molar refractivity (Wildman–Crippen MR) is 36.0 cm³/mol. The molecule has 0 aromatic rings. The minimum Gasteiger partial charge on any atom is -0.370 e. The van der Waals surface area contributed by atoms with Crippen molar-refractivity contribution in [2.24, 2.45) is 11.5 Å². The molecule has 5 N–H and O–H groups in total. The summed E-state index contributed by atoms with van der Waals surface area (Å²) in [5.74, 6) is -0.445. The Hall–Kier alpha value is -0.650. The van der Waals surface area contributed by atoms with E-state index < -0.39 is 12.1 Å². The first-order valence-electron chi connectivity index (χ1n) is 3.03. The number of amides is 1. The molecule has 10 heavy (non-hydrogen) atoms. The Morgan fingerprint density at radius 1 is 1.80 bits per heavy atom. The number of hydrogen-bond acceptors (Lipinski definition) is 4. The summed E-state index contributed by atoms with van der Waals surface area (Å²) in [6.45, 7) is 1.80. The average Bonchev–Trinajstić information content (AvgIpc) is 1.82. The summed E-state index contributed by atoms with van der Waals surface area (Å²) in [6.07, 6.45) is -0.336. The smallest absolute Gasteiger partial charge is 0.218 e. The third-order valence-corrected chi connectivity index (χ3v) is 1.06. The molecule has 0 rings (SSSR count). The van der Waals surface area contributed by atoms with Gasteiger partial charge in [-0.15, -0.1) is 0 Å². The van der Waals surface area contributed by atoms with E-state index in [0.717, 1.165) is 5.06 Å². The highest BCUT2D eigenvalue weighted by Gasteiger charge is 2.05. The second kappa shape index (κ2) is 4.21. The van der Waals surface area contributed by atoms with Crippen molar-refractivity contribution < 1.29 is 10.0 Å². The summed E-state index contributed by atoms with van der Waals surface area (Å²) < 4.78 is 0. The maximum atomic E-state index is 10.2. The lowest BCUT2D eigenvalue weighted by Crippen LogP contribution is -2.38. The van der Waals surface area contributed by atoms with Crippen LogP contribution in [-0.2, 0) is 4.79 Å². The number of hydrogen-bond donors (Lipinski definition) is 3. The SMILES string of the molecule is CC(N)N(O)CCC(N)=O. The molecule has 0 aromatic carbocycles. The number of nitrogens with zero attached hydrogens (tertiary/aromatic N) is 1. The molecule has 0 heterocycles. The third kappa shape index (κ3) is 4.25. The molecule has 0 saturated carbocycles. The molecule has 0 aliphatic heterocycles. The Morgan fingerprint density at radius 3 is 2.60 bits per heavy atom. The highest BCUT2D eigenvalue weighted by molar-refractivity contribution is 5.73. The van der Waals surface area contributed by atoms with E-state index in [9.17, 15) is 4.79 Å². The van der Waals surface area contributed by atoms with Crippen molar-refractivity contribution in [3.05, 3.63) is 0 Å². The first kappa shape index (κ1) is 9.35. The number of hydroxylamine groups is 2. The van der Waals surface area contributed by atoms with Crippen LogP contribution in [-0.4, -0.2) is 28.9 Å². The van der Waals surface area contributed by atoms with Crippen molar-refractivity contribution in [3.8, 4) is 0 Å². The van der Waals surface area contributed by atoms with Gasteiger partial charge >= 0.3 is 0 Å². The van der Waals surface area contributed by atoms with Crippen LogP contribution in [0.5, 0.6) is 0 Å². The number of carbonyl (C=O) groups is 1. The van der Waals surface area contributed by atoms with Crippen LogP contribution >= 0.6 is 0 Å². The summed E-state index contributed by atoms with van der Waals surface area (Å²) in [5.41, 5.74) is 10.1. The molecule has 0 aliphatic rings. The predicted octanol–water partition coefficient (Wildman–Crippen LogP) is -1.14. The first-order valence-corrected chi connectivity index (χ1v) is 3.03.